The largest absolute Gasteiger partial charge is 0 e. The van der Waals surface area contributed by atoms with E-state index in [-0.39, 0.29) is 17.4 Å². The van der Waals surface area contributed by atoms with Gasteiger partial charge in [0.25, 0.3) is 0 Å². The quantitative estimate of drug-likeness (QED) is 0.335. The molecule has 0 amide bonds. The fraction of sp³-hybridized carbons (Fsp3) is 0.111. The Kier molecular flexibility index (Phi) is 75.8. The summed E-state index contributed by atoms with van der Waals surface area (Å²) in [5.41, 5.74) is 1.70. The van der Waals surface area contributed by atoms with Crippen molar-refractivity contribution < 1.29 is 45.4 Å². The molecule has 0 unspecified atom stereocenters. The van der Waals surface area contributed by atoms with Crippen molar-refractivity contribution in [2.75, 3.05) is 6.61 Å². The van der Waals surface area contributed by atoms with E-state index >= 15 is 0 Å². The molecule has 124 valence electrons. The van der Waals surface area contributed by atoms with E-state index in [1.807, 2.05) is 31.2 Å². The van der Waals surface area contributed by atoms with E-state index in [2.05, 4.69) is 57.6 Å². The SMILES string of the molecule is C#Cc1cccc(C#C[C]OCC)c1.[C-]#[O+].[C-]#[O+].[C-]#[O+].[C-]#[O+].[C-]#[O+].[Cr]. The number of hydrogen-bond acceptors (Lipinski definition) is 1. The van der Waals surface area contributed by atoms with Crippen molar-refractivity contribution in [1.82, 2.24) is 0 Å². The first-order valence-electron chi connectivity index (χ1n) is 5.33. The monoisotopic (exact) mass is 374 g/mol. The van der Waals surface area contributed by atoms with Crippen molar-refractivity contribution in [3.05, 3.63) is 75.3 Å². The second kappa shape index (κ2) is 49.6. The molecule has 0 fully saturated rings. The van der Waals surface area contributed by atoms with Crippen LogP contribution >= 0.6 is 0 Å². The fourth-order valence-corrected chi connectivity index (χ4v) is 0.893. The van der Waals surface area contributed by atoms with Crippen molar-refractivity contribution in [2.24, 2.45) is 0 Å². The second-order valence-corrected chi connectivity index (χ2v) is 2.51. The summed E-state index contributed by atoms with van der Waals surface area (Å²) < 4.78 is 42.3. The maximum absolute atomic E-state index is 7.50. The van der Waals surface area contributed by atoms with Gasteiger partial charge in [-0.3, -0.25) is 0 Å². The Morgan fingerprint density at radius 3 is 1.76 bits per heavy atom. The van der Waals surface area contributed by atoms with Gasteiger partial charge in [-0.1, -0.05) is 23.8 Å². The Hall–Kier alpha value is -2.47. The summed E-state index contributed by atoms with van der Waals surface area (Å²) in [6, 6.07) is 7.48. The van der Waals surface area contributed by atoms with Gasteiger partial charge in [0.2, 0.25) is 6.61 Å². The zero-order valence-electron chi connectivity index (χ0n) is 13.0. The zero-order valence-corrected chi connectivity index (χ0v) is 14.2. The van der Waals surface area contributed by atoms with Crippen molar-refractivity contribution in [1.29, 1.82) is 0 Å². The minimum atomic E-state index is 0. The van der Waals surface area contributed by atoms with E-state index < -0.39 is 0 Å². The van der Waals surface area contributed by atoms with Crippen LogP contribution in [0.2, 0.25) is 0 Å². The molecule has 1 rings (SSSR count). The Bertz CT molecular complexity index is 559. The van der Waals surface area contributed by atoms with E-state index in [1.165, 1.54) is 0 Å². The van der Waals surface area contributed by atoms with Crippen LogP contribution in [-0.2, 0) is 45.4 Å². The van der Waals surface area contributed by atoms with Crippen LogP contribution in [0.15, 0.2) is 24.3 Å². The maximum atomic E-state index is 7.50. The summed E-state index contributed by atoms with van der Waals surface area (Å²) >= 11 is 0. The van der Waals surface area contributed by atoms with Crippen molar-refractivity contribution >= 4 is 0 Å². The second-order valence-electron chi connectivity index (χ2n) is 2.51. The molecular formula is C18H10CrO6. The van der Waals surface area contributed by atoms with E-state index in [1.54, 1.807) is 0 Å². The van der Waals surface area contributed by atoms with Crippen LogP contribution in [0.1, 0.15) is 18.1 Å². The Morgan fingerprint density at radius 2 is 1.36 bits per heavy atom. The molecule has 6 nitrogen and oxygen atoms in total. The third-order valence-corrected chi connectivity index (χ3v) is 1.50. The molecule has 0 aromatic heterocycles. The minimum absolute atomic E-state index is 0. The van der Waals surface area contributed by atoms with Gasteiger partial charge in [0.15, 0.2) is 0 Å². The first kappa shape index (κ1) is 38.2. The summed E-state index contributed by atoms with van der Waals surface area (Å²) in [5, 5.41) is 0. The standard InChI is InChI=1S/C13H10O.5CO.Cr/c1-3-12-7-5-8-13(11-12)9-6-10-14-4-2;5*1-2;/h1,5,7-8,11H,4H2,2H3;;;;;;. The summed E-state index contributed by atoms with van der Waals surface area (Å²) in [5.74, 6) is 8.09. The normalized spacial score (nSPS) is 5.20. The average Bonchev–Trinajstić information content (AvgIpc) is 2.73. The van der Waals surface area contributed by atoms with Gasteiger partial charge in [-0.2, -0.15) is 0 Å². The molecule has 7 heteroatoms. The smallest absolute Gasteiger partial charge is 0 e. The van der Waals surface area contributed by atoms with E-state index in [9.17, 15) is 0 Å². The van der Waals surface area contributed by atoms with Gasteiger partial charge in [-0.05, 0) is 25.1 Å². The topological polar surface area (TPSA) is 109 Å². The molecule has 0 N–H and O–H groups in total. The van der Waals surface area contributed by atoms with Crippen molar-refractivity contribution in [2.45, 2.75) is 6.92 Å². The molecule has 0 aliphatic carbocycles. The van der Waals surface area contributed by atoms with Crippen LogP contribution < -0.4 is 0 Å². The van der Waals surface area contributed by atoms with Crippen LogP contribution in [0.25, 0.3) is 0 Å². The van der Waals surface area contributed by atoms with Gasteiger partial charge < -0.3 is 4.74 Å². The Balaban J connectivity index is -0.0000000708. The fourth-order valence-electron chi connectivity index (χ4n) is 0.893. The minimum Gasteiger partial charge on any atom is 0 e. The molecule has 0 aliphatic rings. The van der Waals surface area contributed by atoms with Crippen LogP contribution in [-0.4, -0.2) is 6.61 Å². The van der Waals surface area contributed by atoms with Crippen LogP contribution in [0.4, 0.5) is 0 Å². The first-order valence-corrected chi connectivity index (χ1v) is 5.33. The van der Waals surface area contributed by atoms with Crippen LogP contribution in [0.5, 0.6) is 0 Å². The summed E-state index contributed by atoms with van der Waals surface area (Å²) in [7, 11) is 0. The van der Waals surface area contributed by atoms with Crippen molar-refractivity contribution in [3.8, 4) is 24.2 Å². The molecule has 25 heavy (non-hydrogen) atoms. The van der Waals surface area contributed by atoms with Gasteiger partial charge in [-0.25, -0.2) is 0 Å². The van der Waals surface area contributed by atoms with Gasteiger partial charge in [-0.15, -0.1) is 6.42 Å². The van der Waals surface area contributed by atoms with Crippen molar-refractivity contribution in [3.63, 3.8) is 0 Å². The Morgan fingerprint density at radius 1 is 0.920 bits per heavy atom. The Labute approximate surface area is 158 Å². The van der Waals surface area contributed by atoms with Gasteiger partial charge in [0.1, 0.15) is 0 Å². The number of hydrogen-bond donors (Lipinski definition) is 0. The van der Waals surface area contributed by atoms with Crippen LogP contribution in [0.3, 0.4) is 0 Å². The number of benzene rings is 1. The number of rotatable bonds is 2. The van der Waals surface area contributed by atoms with E-state index in [0.717, 1.165) is 11.1 Å². The van der Waals surface area contributed by atoms with Gasteiger partial charge >= 0.3 is 56.5 Å². The molecule has 0 saturated carbocycles. The molecule has 0 spiro atoms. The molecular weight excluding hydrogens is 364 g/mol. The number of terminal acetylenes is 1. The van der Waals surface area contributed by atoms with Crippen LogP contribution in [0, 0.1) is 64.0 Å². The first-order chi connectivity index (χ1) is 11.9. The molecule has 0 saturated heterocycles. The molecule has 0 aliphatic heterocycles. The summed E-state index contributed by atoms with van der Waals surface area (Å²) in [4.78, 5) is 0. The third kappa shape index (κ3) is 34.1. The molecule has 1 aromatic carbocycles. The number of ether oxygens (including phenoxy) is 1. The molecule has 1 aromatic rings. The average molecular weight is 374 g/mol. The molecule has 0 heterocycles. The third-order valence-electron chi connectivity index (χ3n) is 1.50. The van der Waals surface area contributed by atoms with E-state index in [4.69, 9.17) is 34.4 Å². The summed E-state index contributed by atoms with van der Waals surface area (Å²) in [6.45, 7) is 27.5. The van der Waals surface area contributed by atoms with E-state index in [0.29, 0.717) is 6.61 Å². The molecule has 0 atom stereocenters. The maximum Gasteiger partial charge on any atom is 0 e. The predicted octanol–water partition coefficient (Wildman–Crippen LogP) is 1.90. The van der Waals surface area contributed by atoms with Gasteiger partial charge in [0.05, 0.1) is 0 Å². The predicted molar refractivity (Wildman–Crippen MR) is 75.8 cm³/mol. The van der Waals surface area contributed by atoms with Gasteiger partial charge in [0, 0.05) is 35.1 Å². The molecule has 2 radical (unpaired) electrons. The molecule has 0 bridgehead atoms. The zero-order chi connectivity index (χ0) is 20.2. The summed E-state index contributed by atoms with van der Waals surface area (Å²) in [6.07, 6.45) is 5.26.